The number of rotatable bonds is 48. The molecule has 3 saturated heterocycles. The number of anilines is 3. The third-order valence-corrected chi connectivity index (χ3v) is 23.4. The third kappa shape index (κ3) is 28.0. The predicted molar refractivity (Wildman–Crippen MR) is 470 cm³/mol. The van der Waals surface area contributed by atoms with Crippen LogP contribution < -0.4 is 49.8 Å². The number of hydroxylamine groups is 6. The van der Waals surface area contributed by atoms with Gasteiger partial charge >= 0.3 is 43.1 Å². The summed E-state index contributed by atoms with van der Waals surface area (Å²) >= 11 is 3.06. The number of thiazole rings is 3. The lowest BCUT2D eigenvalue weighted by molar-refractivity contribution is -0.697. The fraction of sp³-hybridized carbons (Fsp3) is 0.418. The summed E-state index contributed by atoms with van der Waals surface area (Å²) in [7, 11) is -14.9. The first-order valence-corrected chi connectivity index (χ1v) is 47.5. The van der Waals surface area contributed by atoms with Crippen molar-refractivity contribution in [2.45, 2.75) is 169 Å². The number of ketones is 3. The standard InChI is InChI=1S/C28H32N6O11S2.C26H31N7O10S2.C25H31N7O8S2/c1-4-5-10-33-11-8-17(9-12-33)43-23-7-6-18(14-30-23)42-15-22(26(37)38)44-32-24(20-16-46-27(29)31-20)21(35)13-19-25(36)34(28(19,2)3)45-47(39,40)41;1-4-5-8-31-9-10-32(15-31)21-7-6-16(12-28-21)41-13-20(24(36)37)42-30-22(18-14-44-25(27)29-18)19(34)11-17-23(35)33(26(17,2)3)43-45(38,39)40;1-4-5-8-30-9-10-31(16-30)21-7-6-17(14-27-21)38-11-12-39-29-22(19-15-41-24(26)28-19)20(33)13-18-23(34)32(25(18,2)3)40-42(35,36)37/h6-9,11-12,14,16,19,22H,4-5,10,13,15H2,1-3H3,(H3-,29,31,37,38,39,40,41);6-7,9-10,12,14-15,17,20H,4-5,8,11,13H2,1-3H3,(H3-,27,29,36,37,38,39,40);6-7,9-10,14-16,18H,4-5,8,11-13H2,1-3H3,(H2-,26,28,35,36,37)/p+3/b32-24-;30-22-;29-22-/t19-,22+;17-,20+;18-/m111/s1. The fourth-order valence-electron chi connectivity index (χ4n) is 12.9. The summed E-state index contributed by atoms with van der Waals surface area (Å²) in [6.45, 7) is 16.8. The first kappa shape index (κ1) is 103. The van der Waals surface area contributed by atoms with Crippen molar-refractivity contribution in [3.8, 4) is 40.5 Å². The molecule has 3 aliphatic rings. The number of pyridine rings is 4. The van der Waals surface area contributed by atoms with E-state index in [4.69, 9.17) is 64.3 Å². The molecule has 3 aliphatic heterocycles. The predicted octanol–water partition coefficient (Wildman–Crippen LogP) is 5.09. The molecular weight excluding hydrogens is 1890 g/mol. The molecule has 3 amide bonds. The minimum absolute atomic E-state index is 0.0169. The molecule has 55 heteroatoms. The zero-order chi connectivity index (χ0) is 97.8. The summed E-state index contributed by atoms with van der Waals surface area (Å²) in [5.41, 5.74) is 12.4. The van der Waals surface area contributed by atoms with E-state index in [-0.39, 0.29) is 75.2 Å². The summed E-state index contributed by atoms with van der Waals surface area (Å²) in [6.07, 6.45) is 21.6. The van der Waals surface area contributed by atoms with Gasteiger partial charge in [-0.05, 0) is 72.6 Å². The number of carboxylic acid groups (broad SMARTS) is 2. The molecule has 11 N–H and O–H groups in total. The van der Waals surface area contributed by atoms with Crippen molar-refractivity contribution in [2.75, 3.05) is 43.6 Å². The molecule has 0 aliphatic carbocycles. The van der Waals surface area contributed by atoms with E-state index in [1.165, 1.54) is 82.2 Å². The number of hydrogen-bond donors (Lipinski definition) is 8. The largest absolute Gasteiger partial charge is 0.488 e. The van der Waals surface area contributed by atoms with Crippen LogP contribution in [0.3, 0.4) is 0 Å². The quantitative estimate of drug-likeness (QED) is 0.00614. The summed E-state index contributed by atoms with van der Waals surface area (Å²) in [5, 5.41) is 36.9. The Bertz CT molecular complexity index is 6130. The van der Waals surface area contributed by atoms with Gasteiger partial charge in [0.1, 0.15) is 91.2 Å². The van der Waals surface area contributed by atoms with Gasteiger partial charge in [0.2, 0.25) is 30.2 Å². The van der Waals surface area contributed by atoms with Gasteiger partial charge in [0, 0.05) is 72.2 Å². The van der Waals surface area contributed by atoms with Crippen molar-refractivity contribution in [3.05, 3.63) is 150 Å². The monoisotopic (exact) mass is 1980 g/mol. The topological polar surface area (TPSA) is 656 Å². The Morgan fingerprint density at radius 1 is 0.470 bits per heavy atom. The Morgan fingerprint density at radius 2 is 0.821 bits per heavy atom. The number of hydrogen-bond acceptors (Lipinski definition) is 39. The Balaban J connectivity index is 0.000000208. The molecule has 0 bridgehead atoms. The number of nitrogen functional groups attached to an aromatic ring is 3. The van der Waals surface area contributed by atoms with E-state index in [9.17, 15) is 73.8 Å². The van der Waals surface area contributed by atoms with Crippen molar-refractivity contribution in [1.82, 2.24) is 54.2 Å². The number of aromatic nitrogens is 11. The zero-order valence-electron chi connectivity index (χ0n) is 73.2. The van der Waals surface area contributed by atoms with Crippen LogP contribution in [-0.4, -0.2) is 223 Å². The van der Waals surface area contributed by atoms with Crippen LogP contribution in [0.4, 0.5) is 15.4 Å². The van der Waals surface area contributed by atoms with Gasteiger partial charge in [0.05, 0.1) is 66.1 Å². The van der Waals surface area contributed by atoms with Crippen LogP contribution in [0.25, 0.3) is 11.6 Å². The second kappa shape index (κ2) is 45.1. The number of unbranched alkanes of at least 4 members (excludes halogenated alkanes) is 3. The molecule has 3 fully saturated rings. The molecular formula is C79H97N20O29S6+3. The maximum absolute atomic E-state index is 13.3. The molecule has 0 radical (unpaired) electrons. The average Bonchev–Trinajstić information content (AvgIpc) is 0.977. The number of amides is 3. The van der Waals surface area contributed by atoms with Gasteiger partial charge in [0.25, 0.3) is 29.9 Å². The maximum atomic E-state index is 13.3. The smallest absolute Gasteiger partial charge is 0.418 e. The number of Topliss-reactive ketones (excluding diaryl/α,β-unsaturated/α-hetero) is 3. The molecule has 9 aromatic heterocycles. The molecule has 5 atom stereocenters. The minimum Gasteiger partial charge on any atom is -0.488 e. The van der Waals surface area contributed by atoms with Crippen LogP contribution >= 0.6 is 34.0 Å². The van der Waals surface area contributed by atoms with E-state index in [2.05, 4.69) is 83.6 Å². The average molecular weight is 1980 g/mol. The lowest BCUT2D eigenvalue weighted by atomic mass is 9.74. The molecule has 0 aromatic carbocycles. The highest BCUT2D eigenvalue weighted by atomic mass is 32.3. The van der Waals surface area contributed by atoms with Gasteiger partial charge in [-0.2, -0.15) is 49.6 Å². The zero-order valence-corrected chi connectivity index (χ0v) is 78.1. The number of carboxylic acids is 2. The van der Waals surface area contributed by atoms with Crippen LogP contribution in [-0.2, 0) is 117 Å². The molecule has 134 heavy (non-hydrogen) atoms. The van der Waals surface area contributed by atoms with Gasteiger partial charge in [-0.25, -0.2) is 53.2 Å². The highest BCUT2D eigenvalue weighted by molar-refractivity contribution is 7.81. The number of aryl methyl sites for hydroxylation is 3. The normalized spacial score (nSPS) is 16.8. The second-order valence-corrected chi connectivity index (χ2v) is 36.9. The van der Waals surface area contributed by atoms with Crippen LogP contribution in [0.5, 0.6) is 28.9 Å². The van der Waals surface area contributed by atoms with Gasteiger partial charge < -0.3 is 60.9 Å². The SMILES string of the molecule is CCCC[n+]1ccc(Oc2ccc(OC[C@H](O/N=C(\C(=O)C[C@@H]3C(=O)N(OS(=O)(=O)O)C3(C)C)c3csc(N)n3)C(=O)O)cn2)cc1.CCCC[n+]1ccn(-c2ccc(OCCO/N=C(\C(=O)C[C@@H]3C(=O)N(OS(=O)(=O)O)C3(C)C)c3csc(N)n3)cn2)c1.CCCC[n+]1ccn(-c2ccc(OC[C@H](O/N=C(\C(=O)C[C@@H]3C(=O)N(OS(=O)(=O)O)C3(C)C)c3csc(N)n3)C(=O)O)cn2)c1. The number of aliphatic carboxylic acids is 2. The Labute approximate surface area is 778 Å². The number of nitrogens with two attached hydrogens (primary N) is 3. The number of oxime groups is 3. The molecule has 0 unspecified atom stereocenters. The van der Waals surface area contributed by atoms with Crippen LogP contribution in [0.15, 0.2) is 149 Å². The molecule has 12 heterocycles. The maximum Gasteiger partial charge on any atom is 0.418 e. The van der Waals surface area contributed by atoms with Gasteiger partial charge in [-0.15, -0.1) is 46.9 Å². The summed E-state index contributed by atoms with van der Waals surface area (Å²) in [5.74, 6) is -7.49. The van der Waals surface area contributed by atoms with Gasteiger partial charge in [-0.1, -0.05) is 55.5 Å². The highest BCUT2D eigenvalue weighted by Gasteiger charge is 2.60. The van der Waals surface area contributed by atoms with Gasteiger partial charge in [-0.3, -0.25) is 42.4 Å². The number of β-lactam (4-membered cyclic amide) rings is 3. The lowest BCUT2D eigenvalue weighted by Gasteiger charge is -2.50. The Morgan fingerprint density at radius 3 is 1.13 bits per heavy atom. The summed E-state index contributed by atoms with van der Waals surface area (Å²) in [6, 6.07) is 13.6. The summed E-state index contributed by atoms with van der Waals surface area (Å²) < 4.78 is 139. The van der Waals surface area contributed by atoms with Crippen LogP contribution in [0, 0.1) is 17.8 Å². The van der Waals surface area contributed by atoms with E-state index in [0.29, 0.717) is 32.5 Å². The number of nitrogens with zero attached hydrogens (tertiary/aromatic N) is 17. The molecule has 49 nitrogen and oxygen atoms in total. The minimum atomic E-state index is -4.99. The number of carbonyl (C=O) groups is 8. The van der Waals surface area contributed by atoms with E-state index in [1.807, 2.05) is 86.3 Å². The molecule has 9 aromatic rings. The second-order valence-electron chi connectivity index (χ2n) is 31.2. The van der Waals surface area contributed by atoms with Crippen LogP contribution in [0.1, 0.15) is 137 Å². The highest BCUT2D eigenvalue weighted by Crippen LogP contribution is 2.44. The number of ether oxygens (including phenoxy) is 4. The van der Waals surface area contributed by atoms with E-state index in [0.717, 1.165) is 98.0 Å². The summed E-state index contributed by atoms with van der Waals surface area (Å²) in [4.78, 5) is 142. The fourth-order valence-corrected chi connectivity index (χ4v) is 15.9. The lowest BCUT2D eigenvalue weighted by Crippen LogP contribution is -2.68. The van der Waals surface area contributed by atoms with Crippen molar-refractivity contribution in [2.24, 2.45) is 33.2 Å². The van der Waals surface area contributed by atoms with Crippen molar-refractivity contribution in [3.63, 3.8) is 0 Å². The van der Waals surface area contributed by atoms with E-state index < -0.39 is 162 Å². The Hall–Kier alpha value is -13.1. The van der Waals surface area contributed by atoms with Gasteiger partial charge in [0.15, 0.2) is 68.9 Å². The number of carbonyl (C=O) groups excluding carboxylic acids is 6. The van der Waals surface area contributed by atoms with Crippen molar-refractivity contribution < 1.29 is 147 Å². The molecule has 0 spiro atoms. The Kier molecular flexibility index (Phi) is 34.6. The molecule has 0 saturated carbocycles. The molecule has 720 valence electrons. The first-order chi connectivity index (χ1) is 63.2. The van der Waals surface area contributed by atoms with E-state index >= 15 is 0 Å². The van der Waals surface area contributed by atoms with Crippen LogP contribution in [0.2, 0.25) is 0 Å². The van der Waals surface area contributed by atoms with E-state index in [1.54, 1.807) is 24.4 Å². The van der Waals surface area contributed by atoms with Crippen molar-refractivity contribution >= 4 is 145 Å². The first-order valence-electron chi connectivity index (χ1n) is 40.7. The molecule has 12 rings (SSSR count). The third-order valence-electron chi connectivity index (χ3n) is 20.3. The number of imidazole rings is 2. The van der Waals surface area contributed by atoms with Crippen molar-refractivity contribution in [1.29, 1.82) is 0 Å².